The third-order valence-electron chi connectivity index (χ3n) is 15.7. The molecule has 9 rings (SSSR count). The van der Waals surface area contributed by atoms with Gasteiger partial charge in [0.05, 0.1) is 63.1 Å². The number of carbonyl (C=O) groups excluding carboxylic acids is 4. The van der Waals surface area contributed by atoms with E-state index in [1.165, 1.54) is 20.6 Å². The smallest absolute Gasteiger partial charge is 0.260 e. The van der Waals surface area contributed by atoms with Gasteiger partial charge in [0, 0.05) is 75.4 Å². The third kappa shape index (κ3) is 11.9. The lowest BCUT2D eigenvalue weighted by Gasteiger charge is -2.35. The van der Waals surface area contributed by atoms with Gasteiger partial charge in [-0.15, -0.1) is 11.3 Å². The first kappa shape index (κ1) is 57.8. The number of likely N-dealkylation sites (tertiary alicyclic amines) is 1. The number of aliphatic hydroxyl groups is 1. The Morgan fingerprint density at radius 1 is 0.988 bits per heavy atom. The van der Waals surface area contributed by atoms with Crippen LogP contribution in [-0.4, -0.2) is 118 Å². The number of nitrogens with zero attached hydrogens (tertiary/aromatic N) is 6. The maximum Gasteiger partial charge on any atom is 0.260 e. The van der Waals surface area contributed by atoms with Crippen LogP contribution in [0.4, 0.5) is 14.6 Å². The fraction of sp³-hybridized carbons (Fsp3) is 0.483. The minimum atomic E-state index is -3.78. The van der Waals surface area contributed by atoms with Gasteiger partial charge < -0.3 is 40.7 Å². The molecule has 5 atom stereocenters. The Labute approximate surface area is 468 Å². The molecule has 5 N–H and O–H groups in total. The second-order valence-corrected chi connectivity index (χ2v) is 25.8. The van der Waals surface area contributed by atoms with E-state index in [0.29, 0.717) is 59.6 Å². The summed E-state index contributed by atoms with van der Waals surface area (Å²) < 4.78 is 57.1. The van der Waals surface area contributed by atoms with E-state index in [0.717, 1.165) is 73.2 Å². The molecule has 1 fully saturated rings. The van der Waals surface area contributed by atoms with Crippen LogP contribution >= 0.6 is 11.3 Å². The molecule has 1 saturated heterocycles. The molecule has 0 bridgehead atoms. The SMILES string of the molecule is Cc1ncsc1-c1ccc([C@]2(C)N=C(C3C[C@@H](O)CN3C(=O)[C@@H](NC(=O)CCCCCCCCCCNC(=O)C3=C(CS(C)(=O)=O)c4ccn(C)c(=O)c4C4=C5C3=CN(c3ncc(F)cc3F)C5CCN4)C(C)(C)C)NC2=O)cc1. The number of aryl methyl sites for hydroxylation is 2. The number of thiazole rings is 1. The van der Waals surface area contributed by atoms with Crippen LogP contribution in [-0.2, 0) is 41.6 Å². The van der Waals surface area contributed by atoms with Crippen molar-refractivity contribution in [2.24, 2.45) is 17.5 Å². The largest absolute Gasteiger partial charge is 0.391 e. The number of fused-ring (bicyclic) bond motifs is 2. The van der Waals surface area contributed by atoms with Crippen LogP contribution in [0.15, 0.2) is 87.0 Å². The van der Waals surface area contributed by atoms with Gasteiger partial charge in [-0.25, -0.2) is 32.2 Å². The highest BCUT2D eigenvalue weighted by molar-refractivity contribution is 7.91. The topological polar surface area (TPSA) is 237 Å². The number of nitrogens with one attached hydrogen (secondary N) is 4. The second kappa shape index (κ2) is 23.3. The van der Waals surface area contributed by atoms with Crippen molar-refractivity contribution in [1.82, 2.24) is 40.7 Å². The minimum Gasteiger partial charge on any atom is -0.391 e. The molecule has 0 saturated carbocycles. The van der Waals surface area contributed by atoms with Crippen LogP contribution in [0, 0.1) is 24.0 Å². The molecule has 1 aliphatic carbocycles. The first-order valence-corrected chi connectivity index (χ1v) is 30.3. The Hall–Kier alpha value is -6.91. The highest BCUT2D eigenvalue weighted by Gasteiger charge is 2.49. The predicted molar refractivity (Wildman–Crippen MR) is 304 cm³/mol. The van der Waals surface area contributed by atoms with Crippen molar-refractivity contribution in [2.45, 2.75) is 135 Å². The summed E-state index contributed by atoms with van der Waals surface area (Å²) in [6.07, 6.45) is 11.5. The number of anilines is 1. The number of hydrogen-bond donors (Lipinski definition) is 5. The van der Waals surface area contributed by atoms with Gasteiger partial charge in [-0.1, -0.05) is 83.6 Å². The first-order chi connectivity index (χ1) is 37.9. The lowest BCUT2D eigenvalue weighted by atomic mass is 9.85. The number of pyridine rings is 2. The predicted octanol–water partition coefficient (Wildman–Crippen LogP) is 6.34. The average molecular weight is 1140 g/mol. The van der Waals surface area contributed by atoms with Gasteiger partial charge in [-0.3, -0.25) is 24.0 Å². The molecule has 4 amide bonds. The first-order valence-electron chi connectivity index (χ1n) is 27.3. The van der Waals surface area contributed by atoms with Crippen molar-refractivity contribution in [1.29, 1.82) is 0 Å². The minimum absolute atomic E-state index is 0.0275. The number of sulfone groups is 1. The summed E-state index contributed by atoms with van der Waals surface area (Å²) in [6, 6.07) is 7.80. The summed E-state index contributed by atoms with van der Waals surface area (Å²) in [4.78, 5) is 87.3. The van der Waals surface area contributed by atoms with E-state index in [1.807, 2.05) is 52.0 Å². The van der Waals surface area contributed by atoms with E-state index >= 15 is 4.39 Å². The second-order valence-electron chi connectivity index (χ2n) is 22.8. The number of aromatic nitrogens is 3. The number of rotatable bonds is 20. The number of aliphatic imine (C=N–C) groups is 1. The van der Waals surface area contributed by atoms with E-state index in [2.05, 4.69) is 31.2 Å². The van der Waals surface area contributed by atoms with Crippen molar-refractivity contribution in [3.63, 3.8) is 0 Å². The summed E-state index contributed by atoms with van der Waals surface area (Å²) in [5.74, 6) is -3.69. The Morgan fingerprint density at radius 2 is 1.69 bits per heavy atom. The monoisotopic (exact) mass is 1140 g/mol. The summed E-state index contributed by atoms with van der Waals surface area (Å²) in [7, 11) is -2.20. The number of unbranched alkanes of at least 4 members (excludes halogenated alkanes) is 7. The molecule has 3 aromatic heterocycles. The normalized spacial score (nSPS) is 21.1. The van der Waals surface area contributed by atoms with Crippen molar-refractivity contribution >= 4 is 67.7 Å². The molecule has 1 aromatic carbocycles. The molecule has 0 radical (unpaired) electrons. The number of hydrogen-bond acceptors (Lipinski definition) is 14. The van der Waals surface area contributed by atoms with Gasteiger partial charge in [0.25, 0.3) is 17.4 Å². The number of aliphatic hydroxyl groups excluding tert-OH is 1. The summed E-state index contributed by atoms with van der Waals surface area (Å²) >= 11 is 1.54. The number of amides is 4. The van der Waals surface area contributed by atoms with Gasteiger partial charge in [0.15, 0.2) is 27.0 Å². The summed E-state index contributed by atoms with van der Waals surface area (Å²) in [6.45, 7) is 9.98. The van der Waals surface area contributed by atoms with Gasteiger partial charge in [0.1, 0.15) is 17.7 Å². The molecule has 4 aromatic rings. The highest BCUT2D eigenvalue weighted by Crippen LogP contribution is 2.47. The zero-order valence-electron chi connectivity index (χ0n) is 46.3. The van der Waals surface area contributed by atoms with E-state index in [1.54, 1.807) is 43.1 Å². The number of β-amino-alcohol motifs (C(OH)–C–C–N with tert-alkyl or cyclic N) is 1. The molecule has 4 aliphatic heterocycles. The Balaban J connectivity index is 0.763. The summed E-state index contributed by atoms with van der Waals surface area (Å²) in [5.41, 5.74) is 4.02. The number of benzene rings is 1. The maximum atomic E-state index is 15.4. The number of amidine groups is 1. The standard InChI is InChI=1S/C58H70F2N10O8S2/c1-33-49(79-32-64-33)34-17-19-35(20-18-34)58(5)56(76)66-51(67-58)43-27-37(71)29-70(43)55(75)50(57(2,3)4)65-44(72)16-14-12-10-8-9-11-13-15-23-62-53(73)45-39-30-69(52-41(60)26-36(59)28-63-52)42-21-24-61-48(46(39)42)47-38(22-25-68(6)54(47)74)40(45)31-80(7,77)78/h17-20,22,25-26,28,30,32,37,42-43,50,61,71H,8-16,21,23-24,27,29,31H2,1-7H3,(H,62,73)(H,65,72)(H,66,67,76)/t37-,42?,43?,50-,58+/m1/s1. The third-order valence-corrected chi connectivity index (χ3v) is 17.5. The van der Waals surface area contributed by atoms with Crippen molar-refractivity contribution < 1.29 is 41.5 Å². The lowest BCUT2D eigenvalue weighted by molar-refractivity contribution is -0.139. The van der Waals surface area contributed by atoms with Crippen LogP contribution in [0.5, 0.6) is 0 Å². The maximum absolute atomic E-state index is 15.4. The quantitative estimate of drug-likeness (QED) is 0.0610. The molecular formula is C58H70F2N10O8S2. The van der Waals surface area contributed by atoms with Crippen molar-refractivity contribution in [3.8, 4) is 10.4 Å². The van der Waals surface area contributed by atoms with Gasteiger partial charge in [0.2, 0.25) is 11.8 Å². The van der Waals surface area contributed by atoms with E-state index in [4.69, 9.17) is 4.99 Å². The Morgan fingerprint density at radius 3 is 2.35 bits per heavy atom. The molecule has 80 heavy (non-hydrogen) atoms. The van der Waals surface area contributed by atoms with Crippen molar-refractivity contribution in [3.05, 3.63) is 122 Å². The molecule has 5 aliphatic rings. The lowest BCUT2D eigenvalue weighted by Crippen LogP contribution is -2.57. The van der Waals surface area contributed by atoms with Crippen molar-refractivity contribution in [2.75, 3.05) is 36.5 Å². The van der Waals surface area contributed by atoms with E-state index in [-0.39, 0.29) is 66.2 Å². The fourth-order valence-corrected chi connectivity index (χ4v) is 13.1. The van der Waals surface area contributed by atoms with Crippen LogP contribution in [0.2, 0.25) is 0 Å². The molecule has 7 heterocycles. The molecule has 426 valence electrons. The van der Waals surface area contributed by atoms with Gasteiger partial charge in [-0.05, 0) is 66.9 Å². The van der Waals surface area contributed by atoms with E-state index in [9.17, 15) is 41.9 Å². The molecular weight excluding hydrogens is 1070 g/mol. The van der Waals surface area contributed by atoms with Crippen LogP contribution in [0.25, 0.3) is 21.7 Å². The fourth-order valence-electron chi connectivity index (χ4n) is 11.5. The zero-order valence-corrected chi connectivity index (χ0v) is 47.9. The van der Waals surface area contributed by atoms with Gasteiger partial charge >= 0.3 is 0 Å². The molecule has 18 nitrogen and oxygen atoms in total. The highest BCUT2D eigenvalue weighted by atomic mass is 32.2. The zero-order chi connectivity index (χ0) is 57.4. The van der Waals surface area contributed by atoms with E-state index < -0.39 is 73.9 Å². The Kier molecular flexibility index (Phi) is 16.8. The molecule has 2 unspecified atom stereocenters. The van der Waals surface area contributed by atoms with Crippen LogP contribution < -0.4 is 31.7 Å². The average Bonchev–Trinajstić information content (AvgIpc) is 4.17. The van der Waals surface area contributed by atoms with Gasteiger partial charge in [-0.2, -0.15) is 0 Å². The molecule has 0 spiro atoms. The van der Waals surface area contributed by atoms with Crippen LogP contribution in [0.1, 0.15) is 121 Å². The summed E-state index contributed by atoms with van der Waals surface area (Å²) in [5, 5.41) is 23.1. The number of carbonyl (C=O) groups is 4. The van der Waals surface area contributed by atoms with Crippen LogP contribution in [0.3, 0.4) is 0 Å². The Bertz CT molecular complexity index is 3420. The number of halogens is 2. The molecule has 22 heteroatoms.